The van der Waals surface area contributed by atoms with Gasteiger partial charge in [-0.2, -0.15) is 0 Å². The Morgan fingerprint density at radius 3 is 2.80 bits per heavy atom. The lowest BCUT2D eigenvalue weighted by atomic mass is 10.2. The number of benzene rings is 1. The molecule has 80 valence electrons. The molecule has 0 fully saturated rings. The zero-order chi connectivity index (χ0) is 10.7. The van der Waals surface area contributed by atoms with Crippen molar-refractivity contribution in [3.05, 3.63) is 34.9 Å². The van der Waals surface area contributed by atoms with Crippen LogP contribution >= 0.6 is 23.4 Å². The van der Waals surface area contributed by atoms with E-state index < -0.39 is 0 Å². The summed E-state index contributed by atoms with van der Waals surface area (Å²) in [6.45, 7) is 3.19. The fourth-order valence-corrected chi connectivity index (χ4v) is 2.50. The maximum Gasteiger partial charge on any atom is 0.304 e. The lowest BCUT2D eigenvalue weighted by Crippen LogP contribution is -2.70. The molecule has 2 rings (SSSR count). The Kier molecular flexibility index (Phi) is 3.54. The molecule has 1 atom stereocenters. The molecule has 0 amide bonds. The molecule has 1 heterocycles. The van der Waals surface area contributed by atoms with E-state index in [1.807, 2.05) is 12.1 Å². The van der Waals surface area contributed by atoms with E-state index in [0.717, 1.165) is 17.3 Å². The van der Waals surface area contributed by atoms with E-state index in [-0.39, 0.29) is 0 Å². The number of hydrogen-bond donors (Lipinski definition) is 2. The minimum absolute atomic E-state index is 0.540. The molecule has 0 aromatic heterocycles. The summed E-state index contributed by atoms with van der Waals surface area (Å²) < 4.78 is 0. The van der Waals surface area contributed by atoms with Crippen LogP contribution in [0.25, 0.3) is 0 Å². The number of thioether (sulfide) groups is 1. The van der Waals surface area contributed by atoms with Crippen molar-refractivity contribution < 1.29 is 4.99 Å². The Balaban J connectivity index is 1.86. The summed E-state index contributed by atoms with van der Waals surface area (Å²) in [4.78, 5) is 3.33. The smallest absolute Gasteiger partial charge is 0.265 e. The third kappa shape index (κ3) is 3.14. The largest absolute Gasteiger partial charge is 0.304 e. The van der Waals surface area contributed by atoms with E-state index in [0.29, 0.717) is 6.04 Å². The summed E-state index contributed by atoms with van der Waals surface area (Å²) in [6.07, 6.45) is 0. The van der Waals surface area contributed by atoms with Crippen LogP contribution in [0, 0.1) is 0 Å². The van der Waals surface area contributed by atoms with E-state index in [9.17, 15) is 0 Å². The number of amidine groups is 1. The fraction of sp³-hybridized carbons (Fsp3) is 0.364. The van der Waals surface area contributed by atoms with Gasteiger partial charge in [-0.3, -0.25) is 10.3 Å². The molecular weight excluding hydrogens is 228 g/mol. The van der Waals surface area contributed by atoms with Crippen molar-refractivity contribution >= 4 is 28.5 Å². The molecule has 1 aliphatic rings. The lowest BCUT2D eigenvalue weighted by molar-refractivity contribution is -0.445. The van der Waals surface area contributed by atoms with Gasteiger partial charge in [0.05, 0.1) is 0 Å². The van der Waals surface area contributed by atoms with Crippen LogP contribution in [0.1, 0.15) is 12.5 Å². The molecule has 0 bridgehead atoms. The summed E-state index contributed by atoms with van der Waals surface area (Å²) in [7, 11) is 0. The van der Waals surface area contributed by atoms with E-state index in [2.05, 4.69) is 29.4 Å². The molecule has 1 aromatic rings. The van der Waals surface area contributed by atoms with Crippen molar-refractivity contribution in [1.82, 2.24) is 5.32 Å². The third-order valence-electron chi connectivity index (χ3n) is 2.24. The van der Waals surface area contributed by atoms with Crippen LogP contribution in [0.5, 0.6) is 0 Å². The Morgan fingerprint density at radius 1 is 1.47 bits per heavy atom. The summed E-state index contributed by atoms with van der Waals surface area (Å²) >= 11 is 7.62. The van der Waals surface area contributed by atoms with Gasteiger partial charge in [0.1, 0.15) is 12.6 Å². The molecule has 1 unspecified atom stereocenters. The second-order valence-corrected chi connectivity index (χ2v) is 5.09. The van der Waals surface area contributed by atoms with E-state index in [1.54, 1.807) is 11.8 Å². The highest BCUT2D eigenvalue weighted by Crippen LogP contribution is 2.15. The molecule has 1 aromatic carbocycles. The summed E-state index contributed by atoms with van der Waals surface area (Å²) in [6, 6.07) is 8.53. The zero-order valence-corrected chi connectivity index (χ0v) is 10.2. The number of hydrogen-bond acceptors (Lipinski definition) is 2. The zero-order valence-electron chi connectivity index (χ0n) is 8.59. The topological polar surface area (TPSA) is 26.0 Å². The molecule has 0 saturated heterocycles. The van der Waals surface area contributed by atoms with Gasteiger partial charge in [-0.15, -0.1) is 0 Å². The molecule has 4 heteroatoms. The Labute approximate surface area is 99.1 Å². The summed E-state index contributed by atoms with van der Waals surface area (Å²) in [5, 5.41) is 5.35. The quantitative estimate of drug-likeness (QED) is 0.808. The first kappa shape index (κ1) is 10.8. The molecular formula is C11H14ClN2S+. The van der Waals surface area contributed by atoms with Crippen molar-refractivity contribution in [2.75, 3.05) is 6.54 Å². The van der Waals surface area contributed by atoms with Crippen molar-refractivity contribution in [2.24, 2.45) is 0 Å². The number of halogens is 1. The van der Waals surface area contributed by atoms with Gasteiger partial charge < -0.3 is 0 Å². The number of rotatable bonds is 2. The second kappa shape index (κ2) is 4.90. The maximum atomic E-state index is 5.82. The van der Waals surface area contributed by atoms with Crippen LogP contribution in [-0.4, -0.2) is 17.8 Å². The van der Waals surface area contributed by atoms with Crippen LogP contribution in [0.2, 0.25) is 5.02 Å². The monoisotopic (exact) mass is 241 g/mol. The highest BCUT2D eigenvalue weighted by Gasteiger charge is 2.19. The Hall–Kier alpha value is -0.670. The molecule has 1 aliphatic heterocycles. The maximum absolute atomic E-state index is 5.82. The highest BCUT2D eigenvalue weighted by atomic mass is 35.5. The molecule has 0 spiro atoms. The molecule has 0 aliphatic carbocycles. The van der Waals surface area contributed by atoms with Gasteiger partial charge in [0.15, 0.2) is 0 Å². The van der Waals surface area contributed by atoms with Gasteiger partial charge in [-0.05, 0) is 36.4 Å². The van der Waals surface area contributed by atoms with Crippen molar-refractivity contribution in [3.8, 4) is 0 Å². The Bertz CT molecular complexity index is 361. The lowest BCUT2D eigenvalue weighted by Gasteiger charge is -1.99. The van der Waals surface area contributed by atoms with Gasteiger partial charge in [-0.25, -0.2) is 0 Å². The van der Waals surface area contributed by atoms with E-state index >= 15 is 0 Å². The summed E-state index contributed by atoms with van der Waals surface area (Å²) in [5.74, 6) is 0.971. The van der Waals surface area contributed by atoms with Gasteiger partial charge in [-0.1, -0.05) is 23.7 Å². The SMILES string of the molecule is CC1C[NH+]=C(SCc2ccc(Cl)cc2)N1. The van der Waals surface area contributed by atoms with Crippen LogP contribution in [-0.2, 0) is 5.75 Å². The van der Waals surface area contributed by atoms with Gasteiger partial charge >= 0.3 is 5.17 Å². The Morgan fingerprint density at radius 2 is 2.20 bits per heavy atom. The van der Waals surface area contributed by atoms with Gasteiger partial charge in [0.2, 0.25) is 0 Å². The van der Waals surface area contributed by atoms with Crippen LogP contribution in [0.15, 0.2) is 24.3 Å². The average molecular weight is 242 g/mol. The normalized spacial score (nSPS) is 19.9. The van der Waals surface area contributed by atoms with Crippen molar-refractivity contribution in [1.29, 1.82) is 0 Å². The molecule has 2 nitrogen and oxygen atoms in total. The van der Waals surface area contributed by atoms with E-state index in [4.69, 9.17) is 11.6 Å². The van der Waals surface area contributed by atoms with Gasteiger partial charge in [0.25, 0.3) is 0 Å². The first-order valence-electron chi connectivity index (χ1n) is 4.98. The van der Waals surface area contributed by atoms with Crippen LogP contribution in [0.4, 0.5) is 0 Å². The second-order valence-electron chi connectivity index (χ2n) is 3.67. The molecule has 0 saturated carbocycles. The standard InChI is InChI=1S/C11H13ClN2S/c1-8-6-13-11(14-8)15-7-9-2-4-10(12)5-3-9/h2-5,8H,6-7H2,1H3,(H,13,14)/p+1. The first-order valence-corrected chi connectivity index (χ1v) is 6.35. The van der Waals surface area contributed by atoms with Crippen molar-refractivity contribution in [2.45, 2.75) is 18.7 Å². The highest BCUT2D eigenvalue weighted by molar-refractivity contribution is 8.12. The van der Waals surface area contributed by atoms with Gasteiger partial charge in [0, 0.05) is 10.8 Å². The summed E-state index contributed by atoms with van der Waals surface area (Å²) in [5.41, 5.74) is 1.29. The van der Waals surface area contributed by atoms with Crippen molar-refractivity contribution in [3.63, 3.8) is 0 Å². The predicted molar refractivity (Wildman–Crippen MR) is 66.2 cm³/mol. The fourth-order valence-electron chi connectivity index (χ4n) is 1.40. The minimum Gasteiger partial charge on any atom is -0.265 e. The third-order valence-corrected chi connectivity index (χ3v) is 3.52. The molecule has 2 N–H and O–H groups in total. The number of nitrogens with one attached hydrogen (secondary N) is 2. The van der Waals surface area contributed by atoms with Crippen LogP contribution in [0.3, 0.4) is 0 Å². The van der Waals surface area contributed by atoms with Crippen LogP contribution < -0.4 is 10.3 Å². The predicted octanol–water partition coefficient (Wildman–Crippen LogP) is 1.00. The van der Waals surface area contributed by atoms with E-state index in [1.165, 1.54) is 10.7 Å². The average Bonchev–Trinajstić information content (AvgIpc) is 2.64. The molecule has 0 radical (unpaired) electrons. The first-order chi connectivity index (χ1) is 7.24. The minimum atomic E-state index is 0.540. The molecule has 15 heavy (non-hydrogen) atoms.